The van der Waals surface area contributed by atoms with Crippen LogP contribution in [-0.2, 0) is 6.42 Å². The summed E-state index contributed by atoms with van der Waals surface area (Å²) < 4.78 is 5.25. The lowest BCUT2D eigenvalue weighted by Crippen LogP contribution is -2.26. The van der Waals surface area contributed by atoms with Crippen molar-refractivity contribution in [2.75, 3.05) is 37.0 Å². The number of aromatic nitrogens is 3. The summed E-state index contributed by atoms with van der Waals surface area (Å²) in [6.45, 7) is 7.06. The Morgan fingerprint density at radius 2 is 1.96 bits per heavy atom. The monoisotopic (exact) mass is 329 g/mol. The highest BCUT2D eigenvalue weighted by Gasteiger charge is 2.08. The smallest absolute Gasteiger partial charge is 0.244 e. The van der Waals surface area contributed by atoms with Gasteiger partial charge in [-0.05, 0) is 37.0 Å². The van der Waals surface area contributed by atoms with E-state index in [1.807, 2.05) is 18.2 Å². The van der Waals surface area contributed by atoms with E-state index in [0.717, 1.165) is 50.5 Å². The predicted molar refractivity (Wildman–Crippen MR) is 97.8 cm³/mol. The molecule has 0 saturated carbocycles. The van der Waals surface area contributed by atoms with E-state index in [4.69, 9.17) is 4.74 Å². The topological polar surface area (TPSA) is 63.2 Å². The van der Waals surface area contributed by atoms with Crippen LogP contribution in [0, 0.1) is 0 Å². The van der Waals surface area contributed by atoms with Crippen LogP contribution < -0.4 is 15.0 Å². The molecule has 24 heavy (non-hydrogen) atoms. The van der Waals surface area contributed by atoms with Gasteiger partial charge in [0, 0.05) is 19.6 Å². The van der Waals surface area contributed by atoms with Crippen LogP contribution in [0.2, 0.25) is 0 Å². The van der Waals surface area contributed by atoms with E-state index in [1.165, 1.54) is 5.56 Å². The fraction of sp³-hybridized carbons (Fsp3) is 0.500. The standard InChI is InChI=1S/C18H27N5O/c1-4-11-23(12-5-2)17-14-20-22-18(21-17)19-10-9-15-7-6-8-16(13-15)24-3/h6-8,13-14H,4-5,9-12H2,1-3H3,(H,19,21,22). The highest BCUT2D eigenvalue weighted by atomic mass is 16.5. The van der Waals surface area contributed by atoms with Crippen molar-refractivity contribution in [1.82, 2.24) is 15.2 Å². The highest BCUT2D eigenvalue weighted by molar-refractivity contribution is 5.40. The average Bonchev–Trinajstić information content (AvgIpc) is 2.62. The van der Waals surface area contributed by atoms with Crippen LogP contribution in [0.25, 0.3) is 0 Å². The molecule has 2 aromatic rings. The van der Waals surface area contributed by atoms with Gasteiger partial charge in [0.05, 0.1) is 13.3 Å². The largest absolute Gasteiger partial charge is 0.497 e. The first-order valence-electron chi connectivity index (χ1n) is 8.58. The van der Waals surface area contributed by atoms with Crippen LogP contribution in [-0.4, -0.2) is 41.9 Å². The number of methoxy groups -OCH3 is 1. The van der Waals surface area contributed by atoms with Crippen LogP contribution in [0.3, 0.4) is 0 Å². The molecule has 1 heterocycles. The molecule has 0 saturated heterocycles. The van der Waals surface area contributed by atoms with Crippen molar-refractivity contribution >= 4 is 11.8 Å². The van der Waals surface area contributed by atoms with Gasteiger partial charge in [-0.15, -0.1) is 5.10 Å². The van der Waals surface area contributed by atoms with Crippen molar-refractivity contribution in [2.45, 2.75) is 33.1 Å². The molecule has 1 aromatic heterocycles. The van der Waals surface area contributed by atoms with Gasteiger partial charge in [-0.1, -0.05) is 26.0 Å². The molecule has 0 aliphatic heterocycles. The number of ether oxygens (including phenoxy) is 1. The molecular formula is C18H27N5O. The zero-order valence-electron chi connectivity index (χ0n) is 14.8. The van der Waals surface area contributed by atoms with Crippen LogP contribution in [0.15, 0.2) is 30.5 Å². The van der Waals surface area contributed by atoms with E-state index >= 15 is 0 Å². The van der Waals surface area contributed by atoms with E-state index in [2.05, 4.69) is 45.3 Å². The quantitative estimate of drug-likeness (QED) is 0.722. The summed E-state index contributed by atoms with van der Waals surface area (Å²) in [5.41, 5.74) is 1.21. The molecule has 1 aromatic carbocycles. The summed E-state index contributed by atoms with van der Waals surface area (Å²) in [5.74, 6) is 2.34. The molecule has 0 fully saturated rings. The van der Waals surface area contributed by atoms with Crippen molar-refractivity contribution in [2.24, 2.45) is 0 Å². The van der Waals surface area contributed by atoms with Crippen LogP contribution in [0.4, 0.5) is 11.8 Å². The number of rotatable bonds is 10. The fourth-order valence-electron chi connectivity index (χ4n) is 2.55. The molecule has 0 atom stereocenters. The summed E-state index contributed by atoms with van der Waals surface area (Å²) in [5, 5.41) is 11.4. The zero-order valence-corrected chi connectivity index (χ0v) is 14.8. The Morgan fingerprint density at radius 1 is 1.17 bits per heavy atom. The van der Waals surface area contributed by atoms with Crippen molar-refractivity contribution in [3.63, 3.8) is 0 Å². The minimum atomic E-state index is 0.576. The van der Waals surface area contributed by atoms with Crippen molar-refractivity contribution in [3.05, 3.63) is 36.0 Å². The van der Waals surface area contributed by atoms with Gasteiger partial charge in [-0.25, -0.2) is 0 Å². The van der Waals surface area contributed by atoms with Gasteiger partial charge in [0.1, 0.15) is 5.75 Å². The van der Waals surface area contributed by atoms with Crippen LogP contribution >= 0.6 is 0 Å². The Balaban J connectivity index is 1.93. The van der Waals surface area contributed by atoms with Gasteiger partial charge in [0.2, 0.25) is 5.95 Å². The summed E-state index contributed by atoms with van der Waals surface area (Å²) in [6.07, 6.45) is 4.78. The van der Waals surface area contributed by atoms with Crippen molar-refractivity contribution in [3.8, 4) is 5.75 Å². The van der Waals surface area contributed by atoms with Gasteiger partial charge >= 0.3 is 0 Å². The third-order valence-electron chi connectivity index (χ3n) is 3.69. The molecule has 6 heteroatoms. The first kappa shape index (κ1) is 18.0. The van der Waals surface area contributed by atoms with E-state index in [1.54, 1.807) is 13.3 Å². The zero-order chi connectivity index (χ0) is 17.2. The van der Waals surface area contributed by atoms with E-state index in [9.17, 15) is 0 Å². The summed E-state index contributed by atoms with van der Waals surface area (Å²) >= 11 is 0. The maximum Gasteiger partial charge on any atom is 0.244 e. The Morgan fingerprint density at radius 3 is 2.67 bits per heavy atom. The lowest BCUT2D eigenvalue weighted by Gasteiger charge is -2.22. The number of nitrogens with zero attached hydrogens (tertiary/aromatic N) is 4. The molecule has 0 aliphatic rings. The molecule has 0 unspecified atom stereocenters. The Bertz CT molecular complexity index is 614. The number of hydrogen-bond acceptors (Lipinski definition) is 6. The number of benzene rings is 1. The molecule has 1 N–H and O–H groups in total. The van der Waals surface area contributed by atoms with E-state index < -0.39 is 0 Å². The number of hydrogen-bond donors (Lipinski definition) is 1. The maximum atomic E-state index is 5.25. The summed E-state index contributed by atoms with van der Waals surface area (Å²) in [7, 11) is 1.68. The normalized spacial score (nSPS) is 10.5. The molecular weight excluding hydrogens is 302 g/mol. The van der Waals surface area contributed by atoms with Gasteiger partial charge in [-0.3, -0.25) is 0 Å². The molecule has 0 amide bonds. The Kier molecular flexibility index (Phi) is 7.26. The van der Waals surface area contributed by atoms with Gasteiger partial charge in [0.25, 0.3) is 0 Å². The third kappa shape index (κ3) is 5.37. The molecule has 0 aliphatic carbocycles. The van der Waals surface area contributed by atoms with Gasteiger partial charge < -0.3 is 15.0 Å². The Hall–Kier alpha value is -2.37. The van der Waals surface area contributed by atoms with Crippen molar-refractivity contribution in [1.29, 1.82) is 0 Å². The summed E-state index contributed by atoms with van der Waals surface area (Å²) in [4.78, 5) is 6.84. The molecule has 0 radical (unpaired) electrons. The van der Waals surface area contributed by atoms with Crippen LogP contribution in [0.1, 0.15) is 32.3 Å². The van der Waals surface area contributed by atoms with Crippen LogP contribution in [0.5, 0.6) is 5.75 Å². The molecule has 6 nitrogen and oxygen atoms in total. The second-order valence-corrected chi connectivity index (χ2v) is 5.65. The minimum absolute atomic E-state index is 0.576. The SMILES string of the molecule is CCCN(CCC)c1cnnc(NCCc2cccc(OC)c2)n1. The van der Waals surface area contributed by atoms with Crippen molar-refractivity contribution < 1.29 is 4.74 Å². The fourth-order valence-corrected chi connectivity index (χ4v) is 2.55. The van der Waals surface area contributed by atoms with Gasteiger partial charge in [-0.2, -0.15) is 10.1 Å². The van der Waals surface area contributed by atoms with E-state index in [0.29, 0.717) is 5.95 Å². The highest BCUT2D eigenvalue weighted by Crippen LogP contribution is 2.14. The first-order valence-corrected chi connectivity index (χ1v) is 8.58. The molecule has 0 bridgehead atoms. The first-order chi connectivity index (χ1) is 11.8. The number of anilines is 2. The molecule has 0 spiro atoms. The third-order valence-corrected chi connectivity index (χ3v) is 3.69. The van der Waals surface area contributed by atoms with E-state index in [-0.39, 0.29) is 0 Å². The molecule has 2 rings (SSSR count). The lowest BCUT2D eigenvalue weighted by atomic mass is 10.1. The average molecular weight is 329 g/mol. The Labute approximate surface area is 144 Å². The summed E-state index contributed by atoms with van der Waals surface area (Å²) in [6, 6.07) is 8.08. The number of nitrogens with one attached hydrogen (secondary N) is 1. The molecule has 130 valence electrons. The minimum Gasteiger partial charge on any atom is -0.497 e. The lowest BCUT2D eigenvalue weighted by molar-refractivity contribution is 0.414. The van der Waals surface area contributed by atoms with Gasteiger partial charge in [0.15, 0.2) is 5.82 Å². The second-order valence-electron chi connectivity index (χ2n) is 5.65. The maximum absolute atomic E-state index is 5.25. The second kappa shape index (κ2) is 9.70. The predicted octanol–water partition coefficient (Wildman–Crippen LogP) is 3.16.